The second-order valence-corrected chi connectivity index (χ2v) is 7.91. The first-order valence-corrected chi connectivity index (χ1v) is 8.44. The van der Waals surface area contributed by atoms with Gasteiger partial charge < -0.3 is 0 Å². The molecule has 0 amide bonds. The van der Waals surface area contributed by atoms with Crippen molar-refractivity contribution in [3.05, 3.63) is 43.5 Å². The van der Waals surface area contributed by atoms with E-state index in [4.69, 9.17) is 23.2 Å². The van der Waals surface area contributed by atoms with Crippen molar-refractivity contribution >= 4 is 23.2 Å². The Labute approximate surface area is 160 Å². The van der Waals surface area contributed by atoms with E-state index in [0.29, 0.717) is 11.8 Å². The fourth-order valence-corrected chi connectivity index (χ4v) is 4.98. The van der Waals surface area contributed by atoms with Crippen LogP contribution in [0.4, 0.5) is 0 Å². The molecule has 0 heterocycles. The molecule has 2 rings (SSSR count). The molecule has 120 valence electrons. The van der Waals surface area contributed by atoms with Gasteiger partial charge >= 0.3 is 0 Å². The molecule has 2 aliphatic carbocycles. The van der Waals surface area contributed by atoms with Gasteiger partial charge in [-0.1, -0.05) is 50.9 Å². The Hall–Kier alpha value is 0.254. The largest absolute Gasteiger partial charge is 0.0882 e. The average Bonchev–Trinajstić information content (AvgIpc) is 2.72. The Balaban J connectivity index is 0.00000242. The van der Waals surface area contributed by atoms with Crippen LogP contribution in [0.25, 0.3) is 0 Å². The summed E-state index contributed by atoms with van der Waals surface area (Å²) in [6.07, 6.45) is 0. The normalized spacial score (nSPS) is 26.5. The molecule has 0 aromatic rings. The fraction of sp³-hybridized carbons (Fsp3) is 0.579. The van der Waals surface area contributed by atoms with Gasteiger partial charge in [0.1, 0.15) is 0 Å². The third-order valence-electron chi connectivity index (χ3n) is 5.62. The maximum absolute atomic E-state index is 6.53. The number of halogens is 2. The van der Waals surface area contributed by atoms with Crippen LogP contribution >= 0.6 is 23.2 Å². The first kappa shape index (κ1) is 20.3. The monoisotopic (exact) mass is 372 g/mol. The maximum atomic E-state index is 6.53. The molecule has 2 atom stereocenters. The van der Waals surface area contributed by atoms with Crippen LogP contribution in [0.2, 0.25) is 0 Å². The second-order valence-electron chi connectivity index (χ2n) is 7.09. The molecule has 0 aromatic heterocycles. The van der Waals surface area contributed by atoms with E-state index in [-0.39, 0.29) is 27.1 Å². The smallest absolute Gasteiger partial charge is 0.0281 e. The van der Waals surface area contributed by atoms with E-state index in [1.54, 1.807) is 0 Å². The summed E-state index contributed by atoms with van der Waals surface area (Å²) in [5.74, 6) is 0.600. The Kier molecular flexibility index (Phi) is 6.12. The predicted molar refractivity (Wildman–Crippen MR) is 94.6 cm³/mol. The minimum Gasteiger partial charge on any atom is -0.0882 e. The molecule has 0 N–H and O–H groups in total. The molecule has 2 aliphatic rings. The summed E-state index contributed by atoms with van der Waals surface area (Å²) in [5, 5.41) is 1.99. The first-order valence-electron chi connectivity index (χ1n) is 7.69. The average molecular weight is 373 g/mol. The van der Waals surface area contributed by atoms with E-state index in [9.17, 15) is 0 Å². The van der Waals surface area contributed by atoms with Crippen molar-refractivity contribution in [3.63, 3.8) is 0 Å². The van der Waals surface area contributed by atoms with Crippen LogP contribution in [0.5, 0.6) is 0 Å². The van der Waals surface area contributed by atoms with Crippen molar-refractivity contribution in [2.75, 3.05) is 0 Å². The van der Waals surface area contributed by atoms with Gasteiger partial charge in [-0.15, -0.1) is 0 Å². The molecule has 0 spiro atoms. The van der Waals surface area contributed by atoms with Crippen LogP contribution in [0.15, 0.2) is 43.5 Å². The van der Waals surface area contributed by atoms with Crippen LogP contribution in [-0.4, -0.2) is 0 Å². The van der Waals surface area contributed by atoms with Crippen LogP contribution in [0.3, 0.4) is 0 Å². The van der Waals surface area contributed by atoms with Crippen molar-refractivity contribution in [1.82, 2.24) is 0 Å². The van der Waals surface area contributed by atoms with Gasteiger partial charge in [0.25, 0.3) is 0 Å². The second kappa shape index (κ2) is 6.63. The molecule has 0 saturated carbocycles. The third kappa shape index (κ3) is 2.75. The number of hydrogen-bond donors (Lipinski definition) is 0. The van der Waals surface area contributed by atoms with Crippen LogP contribution in [-0.2, 0) is 21.7 Å². The van der Waals surface area contributed by atoms with Gasteiger partial charge in [0, 0.05) is 49.0 Å². The predicted octanol–water partition coefficient (Wildman–Crippen LogP) is 6.97. The van der Waals surface area contributed by atoms with Crippen LogP contribution < -0.4 is 0 Å². The van der Waals surface area contributed by atoms with E-state index in [1.807, 2.05) is 0 Å². The van der Waals surface area contributed by atoms with Gasteiger partial charge in [-0.2, -0.15) is 0 Å². The van der Waals surface area contributed by atoms with E-state index in [1.165, 1.54) is 33.4 Å². The quantitative estimate of drug-likeness (QED) is 0.459. The summed E-state index contributed by atoms with van der Waals surface area (Å²) in [6, 6.07) is 0. The van der Waals surface area contributed by atoms with Crippen molar-refractivity contribution < 1.29 is 21.7 Å². The van der Waals surface area contributed by atoms with Gasteiger partial charge in [-0.25, -0.2) is 0 Å². The van der Waals surface area contributed by atoms with E-state index >= 15 is 0 Å². The molecule has 2 unspecified atom stereocenters. The van der Waals surface area contributed by atoms with Crippen molar-refractivity contribution in [2.45, 2.75) is 55.4 Å². The Morgan fingerprint density at radius 2 is 0.955 bits per heavy atom. The summed E-state index contributed by atoms with van der Waals surface area (Å²) >= 11 is 13.1. The molecular formula is C19H26Cl2Ti. The van der Waals surface area contributed by atoms with Crippen molar-refractivity contribution in [2.24, 2.45) is 17.3 Å². The number of rotatable bonds is 2. The Morgan fingerprint density at radius 1 is 0.682 bits per heavy atom. The standard InChI is InChI=1S/C19H26Cl2.Ti/c1-9-11(3)17(20)13(5)15(9)19(7,8)16-10(2)12(4)18(21)14(16)6;/h13-14H,1-8H3;. The molecular weight excluding hydrogens is 347 g/mol. The summed E-state index contributed by atoms with van der Waals surface area (Å²) in [4.78, 5) is 0. The number of allylic oxidation sites excluding steroid dienone is 8. The Morgan fingerprint density at radius 3 is 1.14 bits per heavy atom. The minimum absolute atomic E-state index is 0. The van der Waals surface area contributed by atoms with Gasteiger partial charge in [0.05, 0.1) is 0 Å². The summed E-state index contributed by atoms with van der Waals surface area (Å²) < 4.78 is 0. The molecule has 0 fully saturated rings. The molecule has 0 saturated heterocycles. The van der Waals surface area contributed by atoms with E-state index in [2.05, 4.69) is 55.4 Å². The molecule has 0 nitrogen and oxygen atoms in total. The van der Waals surface area contributed by atoms with Gasteiger partial charge in [0.15, 0.2) is 0 Å². The molecule has 0 aromatic carbocycles. The van der Waals surface area contributed by atoms with E-state index < -0.39 is 0 Å². The zero-order chi connectivity index (χ0) is 16.3. The van der Waals surface area contributed by atoms with E-state index in [0.717, 1.165) is 10.1 Å². The summed E-state index contributed by atoms with van der Waals surface area (Å²) in [6.45, 7) is 17.8. The fourth-order valence-electron chi connectivity index (χ4n) is 4.48. The van der Waals surface area contributed by atoms with Crippen LogP contribution in [0, 0.1) is 17.3 Å². The minimum atomic E-state index is -0.0250. The Bertz CT molecular complexity index is 576. The summed E-state index contributed by atoms with van der Waals surface area (Å²) in [7, 11) is 0. The third-order valence-corrected chi connectivity index (χ3v) is 6.84. The topological polar surface area (TPSA) is 0 Å². The summed E-state index contributed by atoms with van der Waals surface area (Å²) in [5.41, 5.74) is 8.06. The van der Waals surface area contributed by atoms with Gasteiger partial charge in [0.2, 0.25) is 0 Å². The maximum Gasteiger partial charge on any atom is 0.0281 e. The van der Waals surface area contributed by atoms with Gasteiger partial charge in [-0.3, -0.25) is 0 Å². The molecule has 0 radical (unpaired) electrons. The molecule has 0 aliphatic heterocycles. The molecule has 0 bridgehead atoms. The molecule has 3 heteroatoms. The van der Waals surface area contributed by atoms with Crippen molar-refractivity contribution in [1.29, 1.82) is 0 Å². The van der Waals surface area contributed by atoms with Gasteiger partial charge in [-0.05, 0) is 61.1 Å². The van der Waals surface area contributed by atoms with Crippen molar-refractivity contribution in [3.8, 4) is 0 Å². The molecule has 22 heavy (non-hydrogen) atoms. The number of hydrogen-bond acceptors (Lipinski definition) is 0. The zero-order valence-corrected chi connectivity index (χ0v) is 18.0. The first-order chi connectivity index (χ1) is 9.53. The van der Waals surface area contributed by atoms with Crippen LogP contribution in [0.1, 0.15) is 55.4 Å². The SMILES string of the molecule is CC1=C(Cl)C(C)C(C(C)(C)C2=C(C)C(C)=C(Cl)C2C)=C1C.[Ti]. The zero-order valence-electron chi connectivity index (χ0n) is 14.9.